The van der Waals surface area contributed by atoms with E-state index in [1.807, 2.05) is 6.20 Å². The Morgan fingerprint density at radius 3 is 2.48 bits per heavy atom. The van der Waals surface area contributed by atoms with Crippen LogP contribution in [0.15, 0.2) is 73.4 Å². The average Bonchev–Trinajstić information content (AvgIpc) is 3.12. The fourth-order valence-corrected chi connectivity index (χ4v) is 4.83. The number of para-hydroxylation sites is 2. The molecule has 0 aliphatic carbocycles. The molecule has 3 aromatic rings. The SMILES string of the molecule is C=CC1(C)c2ccccc2N2c3nc(CC)cnc3N(c3ccccc3)C2C1C. The van der Waals surface area contributed by atoms with E-state index in [1.54, 1.807) is 0 Å². The monoisotopic (exact) mass is 382 g/mol. The van der Waals surface area contributed by atoms with Crippen molar-refractivity contribution in [2.45, 2.75) is 38.8 Å². The number of benzene rings is 2. The Morgan fingerprint density at radius 2 is 1.76 bits per heavy atom. The molecule has 5 rings (SSSR count). The van der Waals surface area contributed by atoms with Gasteiger partial charge in [0.05, 0.1) is 11.9 Å². The van der Waals surface area contributed by atoms with E-state index in [2.05, 4.69) is 97.8 Å². The van der Waals surface area contributed by atoms with Crippen LogP contribution in [0.25, 0.3) is 0 Å². The Balaban J connectivity index is 1.82. The molecule has 0 bridgehead atoms. The summed E-state index contributed by atoms with van der Waals surface area (Å²) in [7, 11) is 0. The minimum atomic E-state index is -0.152. The molecule has 0 N–H and O–H groups in total. The third-order valence-electron chi connectivity index (χ3n) is 6.73. The second-order valence-corrected chi connectivity index (χ2v) is 8.14. The van der Waals surface area contributed by atoms with Crippen molar-refractivity contribution < 1.29 is 0 Å². The van der Waals surface area contributed by atoms with Crippen LogP contribution in [0.5, 0.6) is 0 Å². The first kappa shape index (κ1) is 17.9. The predicted octanol–water partition coefficient (Wildman–Crippen LogP) is 5.75. The van der Waals surface area contributed by atoms with Crippen molar-refractivity contribution in [3.8, 4) is 0 Å². The van der Waals surface area contributed by atoms with Crippen molar-refractivity contribution in [3.63, 3.8) is 0 Å². The highest BCUT2D eigenvalue weighted by molar-refractivity contribution is 5.86. The molecule has 0 radical (unpaired) electrons. The van der Waals surface area contributed by atoms with Crippen molar-refractivity contribution in [2.24, 2.45) is 5.92 Å². The number of anilines is 4. The van der Waals surface area contributed by atoms with E-state index in [0.29, 0.717) is 0 Å². The number of fused-ring (bicyclic) bond motifs is 5. The van der Waals surface area contributed by atoms with Gasteiger partial charge in [0, 0.05) is 22.7 Å². The molecule has 2 aliphatic rings. The van der Waals surface area contributed by atoms with E-state index in [1.165, 1.54) is 11.3 Å². The van der Waals surface area contributed by atoms with E-state index in [4.69, 9.17) is 9.97 Å². The molecule has 4 nitrogen and oxygen atoms in total. The number of nitrogens with zero attached hydrogens (tertiary/aromatic N) is 4. The summed E-state index contributed by atoms with van der Waals surface area (Å²) in [6.07, 6.45) is 4.97. The number of aryl methyl sites for hydroxylation is 1. The zero-order valence-electron chi connectivity index (χ0n) is 17.2. The molecule has 29 heavy (non-hydrogen) atoms. The smallest absolute Gasteiger partial charge is 0.178 e. The van der Waals surface area contributed by atoms with Crippen molar-refractivity contribution in [1.82, 2.24) is 9.97 Å². The van der Waals surface area contributed by atoms with Crippen LogP contribution >= 0.6 is 0 Å². The van der Waals surface area contributed by atoms with Gasteiger partial charge in [0.1, 0.15) is 6.17 Å². The minimum absolute atomic E-state index is 0.0809. The lowest BCUT2D eigenvalue weighted by molar-refractivity contribution is 0.312. The van der Waals surface area contributed by atoms with Gasteiger partial charge in [0.25, 0.3) is 0 Å². The number of allylic oxidation sites excluding steroid dienone is 1. The Morgan fingerprint density at radius 1 is 1.03 bits per heavy atom. The summed E-state index contributed by atoms with van der Waals surface area (Å²) < 4.78 is 0. The lowest BCUT2D eigenvalue weighted by Gasteiger charge is -2.49. The number of rotatable bonds is 3. The third-order valence-corrected chi connectivity index (χ3v) is 6.73. The summed E-state index contributed by atoms with van der Waals surface area (Å²) in [6.45, 7) is 11.0. The summed E-state index contributed by atoms with van der Waals surface area (Å²) in [4.78, 5) is 14.7. The van der Waals surface area contributed by atoms with Gasteiger partial charge in [0.2, 0.25) is 0 Å². The van der Waals surface area contributed by atoms with Gasteiger partial charge in [0.15, 0.2) is 11.6 Å². The van der Waals surface area contributed by atoms with Crippen LogP contribution in [0.4, 0.5) is 23.0 Å². The summed E-state index contributed by atoms with van der Waals surface area (Å²) >= 11 is 0. The van der Waals surface area contributed by atoms with E-state index < -0.39 is 0 Å². The van der Waals surface area contributed by atoms with Gasteiger partial charge in [-0.1, -0.05) is 63.2 Å². The molecule has 4 heteroatoms. The largest absolute Gasteiger partial charge is 0.302 e. The fourth-order valence-electron chi connectivity index (χ4n) is 4.83. The highest BCUT2D eigenvalue weighted by Gasteiger charge is 2.53. The predicted molar refractivity (Wildman–Crippen MR) is 119 cm³/mol. The summed E-state index contributed by atoms with van der Waals surface area (Å²) in [5.74, 6) is 2.15. The van der Waals surface area contributed by atoms with Crippen LogP contribution in [0.1, 0.15) is 32.0 Å². The van der Waals surface area contributed by atoms with Crippen LogP contribution < -0.4 is 9.80 Å². The highest BCUT2D eigenvalue weighted by atomic mass is 15.5. The van der Waals surface area contributed by atoms with E-state index in [-0.39, 0.29) is 17.5 Å². The van der Waals surface area contributed by atoms with Crippen molar-refractivity contribution in [3.05, 3.63) is 84.7 Å². The summed E-state index contributed by atoms with van der Waals surface area (Å²) in [5, 5.41) is 0. The third kappa shape index (κ3) is 2.38. The van der Waals surface area contributed by atoms with Gasteiger partial charge in [-0.3, -0.25) is 0 Å². The molecule has 2 aromatic carbocycles. The number of hydrogen-bond donors (Lipinski definition) is 0. The molecular weight excluding hydrogens is 356 g/mol. The molecule has 0 amide bonds. The topological polar surface area (TPSA) is 32.3 Å². The van der Waals surface area contributed by atoms with Crippen LogP contribution in [-0.2, 0) is 11.8 Å². The van der Waals surface area contributed by atoms with Gasteiger partial charge in [-0.25, -0.2) is 9.97 Å². The Bertz CT molecular complexity index is 1080. The maximum atomic E-state index is 5.03. The molecule has 1 aromatic heterocycles. The second kappa shape index (κ2) is 6.45. The first-order valence-electron chi connectivity index (χ1n) is 10.3. The van der Waals surface area contributed by atoms with Crippen LogP contribution in [0.2, 0.25) is 0 Å². The van der Waals surface area contributed by atoms with Crippen molar-refractivity contribution in [1.29, 1.82) is 0 Å². The fraction of sp³-hybridized carbons (Fsp3) is 0.280. The van der Waals surface area contributed by atoms with Gasteiger partial charge in [-0.2, -0.15) is 0 Å². The van der Waals surface area contributed by atoms with E-state index in [0.717, 1.165) is 29.4 Å². The lowest BCUT2D eigenvalue weighted by Crippen LogP contribution is -2.54. The zero-order valence-corrected chi connectivity index (χ0v) is 17.2. The van der Waals surface area contributed by atoms with Crippen molar-refractivity contribution in [2.75, 3.05) is 9.80 Å². The first-order chi connectivity index (χ1) is 14.1. The second-order valence-electron chi connectivity index (χ2n) is 8.14. The number of hydrogen-bond acceptors (Lipinski definition) is 4. The highest BCUT2D eigenvalue weighted by Crippen LogP contribution is 2.56. The zero-order chi connectivity index (χ0) is 20.2. The molecule has 0 saturated carbocycles. The lowest BCUT2D eigenvalue weighted by atomic mass is 9.68. The Kier molecular flexibility index (Phi) is 3.98. The molecule has 3 atom stereocenters. The maximum absolute atomic E-state index is 5.03. The standard InChI is InChI=1S/C25H26N4/c1-5-18-16-26-22-23(27-18)29-21-15-11-10-14-20(21)25(4,6-2)17(3)24(29)28(22)19-12-8-7-9-13-19/h6-17,24H,2,5H2,1,3-4H3. The van der Waals surface area contributed by atoms with Crippen LogP contribution in [-0.4, -0.2) is 16.1 Å². The molecule has 0 fully saturated rings. The Hall–Kier alpha value is -3.14. The number of aromatic nitrogens is 2. The molecule has 3 unspecified atom stereocenters. The summed E-state index contributed by atoms with van der Waals surface area (Å²) in [6, 6.07) is 19.2. The Labute approximate surface area is 172 Å². The van der Waals surface area contributed by atoms with E-state index in [9.17, 15) is 0 Å². The minimum Gasteiger partial charge on any atom is -0.302 e. The van der Waals surface area contributed by atoms with Gasteiger partial charge in [-0.15, -0.1) is 6.58 Å². The van der Waals surface area contributed by atoms with Gasteiger partial charge in [-0.05, 0) is 30.2 Å². The van der Waals surface area contributed by atoms with Gasteiger partial charge >= 0.3 is 0 Å². The van der Waals surface area contributed by atoms with Crippen LogP contribution in [0, 0.1) is 5.92 Å². The molecule has 146 valence electrons. The van der Waals surface area contributed by atoms with E-state index >= 15 is 0 Å². The van der Waals surface area contributed by atoms with Crippen LogP contribution in [0.3, 0.4) is 0 Å². The summed E-state index contributed by atoms with van der Waals surface area (Å²) in [5.41, 5.74) is 4.49. The molecular formula is C25H26N4. The molecule has 0 spiro atoms. The quantitative estimate of drug-likeness (QED) is 0.540. The molecule has 2 aliphatic heterocycles. The van der Waals surface area contributed by atoms with Crippen molar-refractivity contribution >= 4 is 23.0 Å². The normalized spacial score (nSPS) is 24.7. The maximum Gasteiger partial charge on any atom is 0.178 e. The van der Waals surface area contributed by atoms with Gasteiger partial charge < -0.3 is 9.80 Å². The average molecular weight is 383 g/mol. The first-order valence-corrected chi connectivity index (χ1v) is 10.3. The molecule has 0 saturated heterocycles. The molecule has 3 heterocycles.